The van der Waals surface area contributed by atoms with Crippen molar-refractivity contribution >= 4 is 23.5 Å². The molecule has 0 aliphatic rings. The molecule has 0 unspecified atom stereocenters. The number of aromatic nitrogens is 3. The Balaban J connectivity index is 2.10. The third-order valence-corrected chi connectivity index (χ3v) is 4.50. The number of aromatic amines is 1. The number of H-pyrrole nitrogens is 1. The quantitative estimate of drug-likeness (QED) is 0.605. The van der Waals surface area contributed by atoms with Gasteiger partial charge in [0.15, 0.2) is 0 Å². The van der Waals surface area contributed by atoms with Crippen LogP contribution in [-0.2, 0) is 0 Å². The van der Waals surface area contributed by atoms with Crippen molar-refractivity contribution in [3.8, 4) is 22.6 Å². The van der Waals surface area contributed by atoms with Crippen molar-refractivity contribution in [3.63, 3.8) is 0 Å². The standard InChI is InChI=1S/C21H24ClN5O/c1-12-5-6-13(22)9-14(12)18-15(19(28)25-11-21(2,3)4)10-17(26-18)16-7-8-24-20(23)27-16/h5-10,26H,11H2,1-4H3,(H,25,28)(H2,23,24,27). The van der Waals surface area contributed by atoms with E-state index in [0.29, 0.717) is 34.2 Å². The van der Waals surface area contributed by atoms with Crippen LogP contribution in [0.15, 0.2) is 36.5 Å². The number of aryl methyl sites for hydroxylation is 1. The van der Waals surface area contributed by atoms with Gasteiger partial charge in [-0.15, -0.1) is 0 Å². The van der Waals surface area contributed by atoms with Gasteiger partial charge in [0, 0.05) is 23.3 Å². The lowest BCUT2D eigenvalue weighted by molar-refractivity contribution is 0.0940. The highest BCUT2D eigenvalue weighted by Gasteiger charge is 2.21. The average Bonchev–Trinajstić information content (AvgIpc) is 3.06. The van der Waals surface area contributed by atoms with Crippen LogP contribution < -0.4 is 11.1 Å². The number of carbonyl (C=O) groups is 1. The highest BCUT2D eigenvalue weighted by atomic mass is 35.5. The van der Waals surface area contributed by atoms with Crippen LogP contribution in [0.3, 0.4) is 0 Å². The van der Waals surface area contributed by atoms with E-state index in [1.165, 1.54) is 0 Å². The van der Waals surface area contributed by atoms with Crippen LogP contribution in [0, 0.1) is 12.3 Å². The summed E-state index contributed by atoms with van der Waals surface area (Å²) in [6.45, 7) is 8.75. The van der Waals surface area contributed by atoms with Gasteiger partial charge in [0.1, 0.15) is 0 Å². The normalized spacial score (nSPS) is 11.5. The first-order valence-corrected chi connectivity index (χ1v) is 9.38. The summed E-state index contributed by atoms with van der Waals surface area (Å²) in [5.41, 5.74) is 10.1. The summed E-state index contributed by atoms with van der Waals surface area (Å²) in [5, 5.41) is 3.61. The SMILES string of the molecule is Cc1ccc(Cl)cc1-c1[nH]c(-c2ccnc(N)n2)cc1C(=O)NCC(C)(C)C. The van der Waals surface area contributed by atoms with Crippen LogP contribution in [0.5, 0.6) is 0 Å². The monoisotopic (exact) mass is 397 g/mol. The van der Waals surface area contributed by atoms with E-state index < -0.39 is 0 Å². The third-order valence-electron chi connectivity index (χ3n) is 4.26. The van der Waals surface area contributed by atoms with E-state index in [1.54, 1.807) is 18.3 Å². The summed E-state index contributed by atoms with van der Waals surface area (Å²) in [5.74, 6) is 0.0140. The smallest absolute Gasteiger partial charge is 0.253 e. The minimum absolute atomic E-state index is 0.0258. The molecule has 0 radical (unpaired) electrons. The maximum absolute atomic E-state index is 13.0. The lowest BCUT2D eigenvalue weighted by atomic mass is 9.96. The number of anilines is 1. The number of nitrogens with one attached hydrogen (secondary N) is 2. The van der Waals surface area contributed by atoms with Crippen molar-refractivity contribution < 1.29 is 4.79 Å². The number of nitrogen functional groups attached to an aromatic ring is 1. The van der Waals surface area contributed by atoms with Gasteiger partial charge in [0.25, 0.3) is 5.91 Å². The van der Waals surface area contributed by atoms with Gasteiger partial charge in [0.05, 0.1) is 22.6 Å². The summed E-state index contributed by atoms with van der Waals surface area (Å²) in [4.78, 5) is 24.5. The molecular formula is C21H24ClN5O. The highest BCUT2D eigenvalue weighted by Crippen LogP contribution is 2.32. The van der Waals surface area contributed by atoms with Crippen molar-refractivity contribution in [1.29, 1.82) is 0 Å². The van der Waals surface area contributed by atoms with Gasteiger partial charge >= 0.3 is 0 Å². The van der Waals surface area contributed by atoms with E-state index in [4.69, 9.17) is 17.3 Å². The van der Waals surface area contributed by atoms with Crippen molar-refractivity contribution in [2.75, 3.05) is 12.3 Å². The summed E-state index contributed by atoms with van der Waals surface area (Å²) >= 11 is 6.21. The number of nitrogens with two attached hydrogens (primary N) is 1. The fourth-order valence-electron chi connectivity index (χ4n) is 2.81. The topological polar surface area (TPSA) is 96.7 Å². The lowest BCUT2D eigenvalue weighted by Gasteiger charge is -2.18. The van der Waals surface area contributed by atoms with Crippen LogP contribution in [0.25, 0.3) is 22.6 Å². The molecule has 0 aliphatic heterocycles. The molecule has 3 aromatic rings. The molecule has 28 heavy (non-hydrogen) atoms. The Morgan fingerprint density at radius 2 is 2.00 bits per heavy atom. The van der Waals surface area contributed by atoms with Crippen molar-refractivity contribution in [3.05, 3.63) is 52.7 Å². The van der Waals surface area contributed by atoms with E-state index in [1.807, 2.05) is 25.1 Å². The third kappa shape index (κ3) is 4.51. The van der Waals surface area contributed by atoms with E-state index in [9.17, 15) is 4.79 Å². The summed E-state index contributed by atoms with van der Waals surface area (Å²) in [6, 6.07) is 9.14. The highest BCUT2D eigenvalue weighted by molar-refractivity contribution is 6.31. The van der Waals surface area contributed by atoms with Gasteiger partial charge in [-0.05, 0) is 42.2 Å². The maximum atomic E-state index is 13.0. The fourth-order valence-corrected chi connectivity index (χ4v) is 2.98. The van der Waals surface area contributed by atoms with Crippen molar-refractivity contribution in [2.45, 2.75) is 27.7 Å². The molecule has 2 aromatic heterocycles. The predicted molar refractivity (Wildman–Crippen MR) is 113 cm³/mol. The zero-order valence-corrected chi connectivity index (χ0v) is 17.2. The number of carbonyl (C=O) groups excluding carboxylic acids is 1. The number of hydrogen-bond acceptors (Lipinski definition) is 4. The minimum atomic E-state index is -0.158. The Hall–Kier alpha value is -2.86. The number of halogens is 1. The summed E-state index contributed by atoms with van der Waals surface area (Å²) < 4.78 is 0. The molecule has 0 aliphatic carbocycles. The molecule has 0 atom stereocenters. The van der Waals surface area contributed by atoms with Gasteiger partial charge in [-0.1, -0.05) is 38.4 Å². The largest absolute Gasteiger partial charge is 0.368 e. The lowest BCUT2D eigenvalue weighted by Crippen LogP contribution is -2.32. The first-order valence-electron chi connectivity index (χ1n) is 9.01. The number of rotatable bonds is 4. The molecule has 7 heteroatoms. The molecule has 6 nitrogen and oxygen atoms in total. The molecule has 0 spiro atoms. The summed E-state index contributed by atoms with van der Waals surface area (Å²) in [6.07, 6.45) is 1.59. The van der Waals surface area contributed by atoms with Gasteiger partial charge < -0.3 is 16.0 Å². The zero-order valence-electron chi connectivity index (χ0n) is 16.4. The second-order valence-corrected chi connectivity index (χ2v) is 8.41. The second kappa shape index (κ2) is 7.64. The molecular weight excluding hydrogens is 374 g/mol. The molecule has 4 N–H and O–H groups in total. The van der Waals surface area contributed by atoms with E-state index in [0.717, 1.165) is 11.1 Å². The molecule has 1 aromatic carbocycles. The zero-order chi connectivity index (χ0) is 20.5. The van der Waals surface area contributed by atoms with Crippen molar-refractivity contribution in [2.24, 2.45) is 5.41 Å². The molecule has 0 saturated carbocycles. The molecule has 3 rings (SSSR count). The second-order valence-electron chi connectivity index (χ2n) is 7.97. The van der Waals surface area contributed by atoms with Gasteiger partial charge in [-0.3, -0.25) is 4.79 Å². The molecule has 0 bridgehead atoms. The van der Waals surface area contributed by atoms with Crippen molar-refractivity contribution in [1.82, 2.24) is 20.3 Å². The number of benzene rings is 1. The molecule has 2 heterocycles. The first kappa shape index (κ1) is 19.9. The van der Waals surface area contributed by atoms with Crippen LogP contribution >= 0.6 is 11.6 Å². The van der Waals surface area contributed by atoms with Crippen LogP contribution in [-0.4, -0.2) is 27.4 Å². The van der Waals surface area contributed by atoms with E-state index in [-0.39, 0.29) is 17.3 Å². The van der Waals surface area contributed by atoms with E-state index in [2.05, 4.69) is 41.0 Å². The number of hydrogen-bond donors (Lipinski definition) is 3. The van der Waals surface area contributed by atoms with Crippen LogP contribution in [0.2, 0.25) is 5.02 Å². The first-order chi connectivity index (χ1) is 13.1. The van der Waals surface area contributed by atoms with Crippen LogP contribution in [0.4, 0.5) is 5.95 Å². The molecule has 0 fully saturated rings. The Bertz CT molecular complexity index is 1020. The fraction of sp³-hybridized carbons (Fsp3) is 0.286. The van der Waals surface area contributed by atoms with Gasteiger partial charge in [0.2, 0.25) is 5.95 Å². The molecule has 1 amide bonds. The van der Waals surface area contributed by atoms with Crippen LogP contribution in [0.1, 0.15) is 36.7 Å². The predicted octanol–water partition coefficient (Wildman–Crippen LogP) is 4.46. The number of nitrogens with zero attached hydrogens (tertiary/aromatic N) is 2. The number of amides is 1. The van der Waals surface area contributed by atoms with E-state index >= 15 is 0 Å². The van der Waals surface area contributed by atoms with Gasteiger partial charge in [-0.2, -0.15) is 0 Å². The minimum Gasteiger partial charge on any atom is -0.368 e. The Kier molecular flexibility index (Phi) is 5.42. The summed E-state index contributed by atoms with van der Waals surface area (Å²) in [7, 11) is 0. The maximum Gasteiger partial charge on any atom is 0.253 e. The molecule has 146 valence electrons. The molecule has 0 saturated heterocycles. The average molecular weight is 398 g/mol. The van der Waals surface area contributed by atoms with Gasteiger partial charge in [-0.25, -0.2) is 9.97 Å². The Morgan fingerprint density at radius 3 is 2.68 bits per heavy atom. The Morgan fingerprint density at radius 1 is 1.25 bits per heavy atom. The Labute approximate surface area is 169 Å².